The highest BCUT2D eigenvalue weighted by Gasteiger charge is 2.18. The summed E-state index contributed by atoms with van der Waals surface area (Å²) >= 11 is 0. The maximum absolute atomic E-state index is 5.28. The normalized spacial score (nSPS) is 11.6. The van der Waals surface area contributed by atoms with E-state index in [0.717, 1.165) is 50.6 Å². The van der Waals surface area contributed by atoms with E-state index < -0.39 is 0 Å². The van der Waals surface area contributed by atoms with Crippen molar-refractivity contribution in [1.82, 2.24) is 14.1 Å². The topological polar surface area (TPSA) is 22.8 Å². The summed E-state index contributed by atoms with van der Waals surface area (Å²) in [6.07, 6.45) is 0. The molecule has 3 nitrogen and oxygen atoms in total. The van der Waals surface area contributed by atoms with Crippen molar-refractivity contribution in [2.24, 2.45) is 0 Å². The van der Waals surface area contributed by atoms with Crippen molar-refractivity contribution >= 4 is 43.6 Å². The van der Waals surface area contributed by atoms with Gasteiger partial charge in [0.2, 0.25) is 0 Å². The molecule has 0 saturated carbocycles. The number of benzene rings is 8. The minimum Gasteiger partial charge on any atom is -0.309 e. The number of aromatic nitrogens is 3. The summed E-state index contributed by atoms with van der Waals surface area (Å²) in [5, 5.41) is 4.97. The highest BCUT2D eigenvalue weighted by Crippen LogP contribution is 2.39. The van der Waals surface area contributed by atoms with Crippen LogP contribution < -0.4 is 0 Å². The molecule has 0 aliphatic carbocycles. The molecule has 3 heteroatoms. The van der Waals surface area contributed by atoms with Crippen molar-refractivity contribution in [3.63, 3.8) is 0 Å². The molecule has 3 heterocycles. The second-order valence-electron chi connectivity index (χ2n) is 14.4. The van der Waals surface area contributed by atoms with Crippen LogP contribution in [0.5, 0.6) is 0 Å². The Morgan fingerprint density at radius 3 is 1.12 bits per heavy atom. The number of rotatable bonds is 6. The van der Waals surface area contributed by atoms with Gasteiger partial charge in [0.05, 0.1) is 33.5 Å². The quantitative estimate of drug-likeness (QED) is 0.168. The fourth-order valence-electron chi connectivity index (χ4n) is 8.51. The molecule has 8 aromatic carbocycles. The summed E-state index contributed by atoms with van der Waals surface area (Å²) in [6.45, 7) is 0. The molecule has 3 aromatic heterocycles. The molecule has 0 N–H and O–H groups in total. The lowest BCUT2D eigenvalue weighted by molar-refractivity contribution is 1.13. The van der Waals surface area contributed by atoms with Crippen molar-refractivity contribution in [2.75, 3.05) is 0 Å². The largest absolute Gasteiger partial charge is 0.309 e. The van der Waals surface area contributed by atoms with E-state index in [2.05, 4.69) is 221 Å². The van der Waals surface area contributed by atoms with Gasteiger partial charge in [-0.05, 0) is 82.9 Å². The number of hydrogen-bond acceptors (Lipinski definition) is 1. The van der Waals surface area contributed by atoms with Crippen LogP contribution in [0, 0.1) is 0 Å². The number of nitrogens with zero attached hydrogens (tertiary/aromatic N) is 3. The lowest BCUT2D eigenvalue weighted by Gasteiger charge is -2.16. The molecule has 0 amide bonds. The predicted molar refractivity (Wildman–Crippen MR) is 235 cm³/mol. The lowest BCUT2D eigenvalue weighted by Crippen LogP contribution is -2.00. The van der Waals surface area contributed by atoms with E-state index in [1.165, 1.54) is 49.2 Å². The second kappa shape index (κ2) is 13.1. The van der Waals surface area contributed by atoms with E-state index >= 15 is 0 Å². The maximum atomic E-state index is 5.28. The van der Waals surface area contributed by atoms with Gasteiger partial charge in [-0.25, -0.2) is 4.98 Å². The van der Waals surface area contributed by atoms with Crippen LogP contribution in [0.1, 0.15) is 0 Å². The van der Waals surface area contributed by atoms with Crippen LogP contribution in [0.4, 0.5) is 0 Å². The molecule has 0 fully saturated rings. The van der Waals surface area contributed by atoms with Crippen molar-refractivity contribution < 1.29 is 0 Å². The van der Waals surface area contributed by atoms with E-state index in [4.69, 9.17) is 4.98 Å². The maximum Gasteiger partial charge on any atom is 0.0715 e. The Balaban J connectivity index is 1.16. The first-order valence-corrected chi connectivity index (χ1v) is 19.1. The molecule has 0 bridgehead atoms. The Morgan fingerprint density at radius 2 is 0.625 bits per heavy atom. The standard InChI is InChI=1S/C53H35N3/c1-3-16-36(17-4-1)41-33-48(37-18-5-2-6-19-37)54-49(34-41)39-21-15-20-38(30-39)40-31-42(55-50-26-11-7-22-44(50)45-23-8-12-27-51(45)55)35-43(32-40)56-52-28-13-9-24-46(52)47-25-10-14-29-53(47)56/h1-35H. The zero-order valence-electron chi connectivity index (χ0n) is 30.5. The summed E-state index contributed by atoms with van der Waals surface area (Å²) in [5.41, 5.74) is 15.6. The van der Waals surface area contributed by atoms with Crippen molar-refractivity contribution in [2.45, 2.75) is 0 Å². The van der Waals surface area contributed by atoms with Crippen LogP contribution in [0.15, 0.2) is 212 Å². The highest BCUT2D eigenvalue weighted by atomic mass is 15.0. The van der Waals surface area contributed by atoms with Gasteiger partial charge in [0.15, 0.2) is 0 Å². The summed E-state index contributed by atoms with van der Waals surface area (Å²) in [5.74, 6) is 0. The van der Waals surface area contributed by atoms with Crippen molar-refractivity contribution in [3.8, 4) is 56.1 Å². The van der Waals surface area contributed by atoms with E-state index in [0.29, 0.717) is 0 Å². The van der Waals surface area contributed by atoms with Crippen LogP contribution in [-0.2, 0) is 0 Å². The highest BCUT2D eigenvalue weighted by molar-refractivity contribution is 6.10. The minimum absolute atomic E-state index is 0.938. The average Bonchev–Trinajstić information content (AvgIpc) is 3.80. The Bertz CT molecular complexity index is 2950. The number of hydrogen-bond donors (Lipinski definition) is 0. The van der Waals surface area contributed by atoms with Crippen LogP contribution in [0.2, 0.25) is 0 Å². The van der Waals surface area contributed by atoms with E-state index in [1.807, 2.05) is 0 Å². The van der Waals surface area contributed by atoms with Gasteiger partial charge in [0.25, 0.3) is 0 Å². The Hall–Kier alpha value is -7.49. The summed E-state index contributed by atoms with van der Waals surface area (Å²) in [6, 6.07) is 76.3. The van der Waals surface area contributed by atoms with Crippen LogP contribution in [0.25, 0.3) is 99.8 Å². The summed E-state index contributed by atoms with van der Waals surface area (Å²) in [4.78, 5) is 5.28. The number of para-hydroxylation sites is 4. The fraction of sp³-hybridized carbons (Fsp3) is 0. The van der Waals surface area contributed by atoms with Crippen LogP contribution >= 0.6 is 0 Å². The molecule has 11 rings (SSSR count). The van der Waals surface area contributed by atoms with Crippen molar-refractivity contribution in [3.05, 3.63) is 212 Å². The average molecular weight is 714 g/mol. The number of fused-ring (bicyclic) bond motifs is 6. The van der Waals surface area contributed by atoms with Gasteiger partial charge < -0.3 is 9.13 Å². The summed E-state index contributed by atoms with van der Waals surface area (Å²) < 4.78 is 4.85. The zero-order chi connectivity index (χ0) is 37.0. The van der Waals surface area contributed by atoms with Gasteiger partial charge in [-0.3, -0.25) is 0 Å². The second-order valence-corrected chi connectivity index (χ2v) is 14.4. The van der Waals surface area contributed by atoms with E-state index in [9.17, 15) is 0 Å². The first kappa shape index (κ1) is 32.0. The lowest BCUT2D eigenvalue weighted by atomic mass is 9.97. The molecule has 11 aromatic rings. The predicted octanol–water partition coefficient (Wildman–Crippen LogP) is 13.9. The third-order valence-corrected chi connectivity index (χ3v) is 11.1. The summed E-state index contributed by atoms with van der Waals surface area (Å²) in [7, 11) is 0. The third kappa shape index (κ3) is 5.32. The van der Waals surface area contributed by atoms with Crippen molar-refractivity contribution in [1.29, 1.82) is 0 Å². The fourth-order valence-corrected chi connectivity index (χ4v) is 8.51. The molecule has 0 aliphatic rings. The molecular formula is C53H35N3. The molecule has 0 radical (unpaired) electrons. The molecule has 0 saturated heterocycles. The SMILES string of the molecule is c1ccc(-c2cc(-c3ccccc3)nc(-c3cccc(-c4cc(-n5c6ccccc6c6ccccc65)cc(-n5c6ccccc6c6ccccc65)c4)c3)c2)cc1. The smallest absolute Gasteiger partial charge is 0.0715 e. The third-order valence-electron chi connectivity index (χ3n) is 11.1. The van der Waals surface area contributed by atoms with Crippen LogP contribution in [-0.4, -0.2) is 14.1 Å². The monoisotopic (exact) mass is 713 g/mol. The first-order valence-electron chi connectivity index (χ1n) is 19.1. The Morgan fingerprint density at radius 1 is 0.250 bits per heavy atom. The van der Waals surface area contributed by atoms with Gasteiger partial charge in [-0.15, -0.1) is 0 Å². The molecule has 0 unspecified atom stereocenters. The molecule has 262 valence electrons. The van der Waals surface area contributed by atoms with Crippen LogP contribution in [0.3, 0.4) is 0 Å². The molecule has 0 spiro atoms. The first-order chi connectivity index (χ1) is 27.8. The molecule has 0 aliphatic heterocycles. The Labute approximate surface area is 325 Å². The Kier molecular flexibility index (Phi) is 7.49. The number of pyridine rings is 1. The van der Waals surface area contributed by atoms with Gasteiger partial charge in [-0.1, -0.05) is 152 Å². The molecule has 56 heavy (non-hydrogen) atoms. The van der Waals surface area contributed by atoms with Gasteiger partial charge in [0, 0.05) is 44.0 Å². The minimum atomic E-state index is 0.938. The van der Waals surface area contributed by atoms with Gasteiger partial charge in [-0.2, -0.15) is 0 Å². The van der Waals surface area contributed by atoms with Gasteiger partial charge in [0.1, 0.15) is 0 Å². The molecule has 0 atom stereocenters. The van der Waals surface area contributed by atoms with E-state index in [1.54, 1.807) is 0 Å². The molecular weight excluding hydrogens is 679 g/mol. The van der Waals surface area contributed by atoms with Gasteiger partial charge >= 0.3 is 0 Å². The zero-order valence-corrected chi connectivity index (χ0v) is 30.5. The van der Waals surface area contributed by atoms with E-state index in [-0.39, 0.29) is 0 Å².